The van der Waals surface area contributed by atoms with Crippen LogP contribution in [0, 0.1) is 11.3 Å². The predicted molar refractivity (Wildman–Crippen MR) is 125 cm³/mol. The smallest absolute Gasteiger partial charge is 0.338 e. The van der Waals surface area contributed by atoms with Gasteiger partial charge in [-0.15, -0.1) is 10.2 Å². The van der Waals surface area contributed by atoms with Gasteiger partial charge in [0.25, 0.3) is 5.91 Å². The molecule has 1 fully saturated rings. The molecule has 0 bridgehead atoms. The molecule has 0 radical (unpaired) electrons. The van der Waals surface area contributed by atoms with E-state index in [1.807, 2.05) is 11.0 Å². The molecule has 11 heteroatoms. The second-order valence-corrected chi connectivity index (χ2v) is 8.07. The molecular weight excluding hydrogens is 458 g/mol. The molecule has 0 unspecified atom stereocenters. The van der Waals surface area contributed by atoms with E-state index in [0.29, 0.717) is 59.2 Å². The SMILES string of the molecule is CCOC(=O)c1cccc(-c2ccc(/C=C(/C#N)C(=O)Nc3nnc(N4CCOCC4)s3)o2)c1. The summed E-state index contributed by atoms with van der Waals surface area (Å²) in [7, 11) is 0. The Hall–Kier alpha value is -4.01. The van der Waals surface area contributed by atoms with Crippen LogP contribution in [0.4, 0.5) is 10.3 Å². The van der Waals surface area contributed by atoms with Gasteiger partial charge in [0.1, 0.15) is 23.2 Å². The average Bonchev–Trinajstić information content (AvgIpc) is 3.53. The number of ether oxygens (including phenoxy) is 2. The highest BCUT2D eigenvalue weighted by atomic mass is 32.1. The van der Waals surface area contributed by atoms with E-state index >= 15 is 0 Å². The van der Waals surface area contributed by atoms with Crippen molar-refractivity contribution in [1.29, 1.82) is 5.26 Å². The van der Waals surface area contributed by atoms with E-state index in [9.17, 15) is 14.9 Å². The standard InChI is InChI=1S/C23H21N5O5S/c1-2-32-21(30)16-5-3-4-15(12-16)19-7-6-18(33-19)13-17(14-24)20(29)25-22-26-27-23(34-22)28-8-10-31-11-9-28/h3-7,12-13H,2,8-11H2,1H3,(H,25,26,29)/b17-13-. The van der Waals surface area contributed by atoms with Gasteiger partial charge in [-0.25, -0.2) is 4.79 Å². The summed E-state index contributed by atoms with van der Waals surface area (Å²) >= 11 is 1.23. The first-order valence-electron chi connectivity index (χ1n) is 10.5. The summed E-state index contributed by atoms with van der Waals surface area (Å²) in [5.41, 5.74) is 0.917. The number of rotatable bonds is 7. The Balaban J connectivity index is 1.46. The molecule has 0 atom stereocenters. The molecule has 2 aromatic heterocycles. The first-order chi connectivity index (χ1) is 16.6. The van der Waals surface area contributed by atoms with Gasteiger partial charge in [-0.2, -0.15) is 5.26 Å². The van der Waals surface area contributed by atoms with Gasteiger partial charge in [-0.1, -0.05) is 23.5 Å². The molecule has 10 nitrogen and oxygen atoms in total. The van der Waals surface area contributed by atoms with Crippen molar-refractivity contribution in [2.24, 2.45) is 0 Å². The zero-order valence-corrected chi connectivity index (χ0v) is 19.1. The third-order valence-corrected chi connectivity index (χ3v) is 5.75. The van der Waals surface area contributed by atoms with Crippen LogP contribution in [0.15, 0.2) is 46.4 Å². The summed E-state index contributed by atoms with van der Waals surface area (Å²) in [5.74, 6) is -0.244. The Kier molecular flexibility index (Phi) is 7.31. The maximum atomic E-state index is 12.6. The molecule has 1 amide bonds. The number of anilines is 2. The maximum absolute atomic E-state index is 12.6. The Labute approximate surface area is 199 Å². The van der Waals surface area contributed by atoms with E-state index < -0.39 is 11.9 Å². The van der Waals surface area contributed by atoms with Crippen LogP contribution >= 0.6 is 11.3 Å². The second-order valence-electron chi connectivity index (χ2n) is 7.12. The van der Waals surface area contributed by atoms with Crippen LogP contribution in [-0.4, -0.2) is 55.0 Å². The van der Waals surface area contributed by atoms with E-state index in [4.69, 9.17) is 13.9 Å². The number of benzene rings is 1. The van der Waals surface area contributed by atoms with Crippen molar-refractivity contribution in [3.63, 3.8) is 0 Å². The molecule has 1 aromatic carbocycles. The van der Waals surface area contributed by atoms with E-state index in [1.165, 1.54) is 17.4 Å². The average molecular weight is 480 g/mol. The van der Waals surface area contributed by atoms with Gasteiger partial charge >= 0.3 is 5.97 Å². The monoisotopic (exact) mass is 479 g/mol. The number of carbonyl (C=O) groups is 2. The molecule has 3 heterocycles. The highest BCUT2D eigenvalue weighted by molar-refractivity contribution is 7.19. The Morgan fingerprint density at radius 1 is 1.26 bits per heavy atom. The largest absolute Gasteiger partial charge is 0.462 e. The van der Waals surface area contributed by atoms with E-state index in [1.54, 1.807) is 43.3 Å². The molecule has 0 aliphatic carbocycles. The lowest BCUT2D eigenvalue weighted by Gasteiger charge is -2.25. The van der Waals surface area contributed by atoms with E-state index in [-0.39, 0.29) is 12.2 Å². The normalized spacial score (nSPS) is 13.9. The number of esters is 1. The number of nitriles is 1. The van der Waals surface area contributed by atoms with Crippen molar-refractivity contribution in [2.45, 2.75) is 6.92 Å². The van der Waals surface area contributed by atoms with Crippen molar-refractivity contribution in [2.75, 3.05) is 43.1 Å². The molecule has 34 heavy (non-hydrogen) atoms. The highest BCUT2D eigenvalue weighted by Gasteiger charge is 2.18. The molecule has 1 aliphatic heterocycles. The minimum absolute atomic E-state index is 0.149. The highest BCUT2D eigenvalue weighted by Crippen LogP contribution is 2.26. The summed E-state index contributed by atoms with van der Waals surface area (Å²) in [4.78, 5) is 26.6. The Morgan fingerprint density at radius 3 is 2.85 bits per heavy atom. The minimum atomic E-state index is -0.616. The summed E-state index contributed by atoms with van der Waals surface area (Å²) in [6.07, 6.45) is 1.35. The van der Waals surface area contributed by atoms with Crippen LogP contribution in [0.25, 0.3) is 17.4 Å². The number of furan rings is 1. The molecule has 174 valence electrons. The summed E-state index contributed by atoms with van der Waals surface area (Å²) < 4.78 is 16.1. The zero-order valence-electron chi connectivity index (χ0n) is 18.3. The maximum Gasteiger partial charge on any atom is 0.338 e. The van der Waals surface area contributed by atoms with Crippen LogP contribution in [0.1, 0.15) is 23.0 Å². The molecule has 3 aromatic rings. The molecule has 1 N–H and O–H groups in total. The van der Waals surface area contributed by atoms with Crippen LogP contribution in [0.2, 0.25) is 0 Å². The number of nitrogens with one attached hydrogen (secondary N) is 1. The van der Waals surface area contributed by atoms with Gasteiger partial charge in [0.2, 0.25) is 10.3 Å². The fourth-order valence-corrected chi connectivity index (χ4v) is 3.99. The molecule has 0 saturated carbocycles. The number of carbonyl (C=O) groups excluding carboxylic acids is 2. The molecular formula is C23H21N5O5S. The Bertz CT molecular complexity index is 1250. The lowest BCUT2D eigenvalue weighted by Crippen LogP contribution is -2.36. The number of hydrogen-bond donors (Lipinski definition) is 1. The third-order valence-electron chi connectivity index (χ3n) is 4.85. The van der Waals surface area contributed by atoms with Gasteiger partial charge < -0.3 is 18.8 Å². The topological polar surface area (TPSA) is 131 Å². The lowest BCUT2D eigenvalue weighted by molar-refractivity contribution is -0.112. The summed E-state index contributed by atoms with van der Waals surface area (Å²) in [6.45, 7) is 4.65. The van der Waals surface area contributed by atoms with Crippen molar-refractivity contribution in [3.8, 4) is 17.4 Å². The van der Waals surface area contributed by atoms with Crippen LogP contribution < -0.4 is 10.2 Å². The minimum Gasteiger partial charge on any atom is -0.462 e. The predicted octanol–water partition coefficient (Wildman–Crippen LogP) is 3.36. The van der Waals surface area contributed by atoms with E-state index in [0.717, 1.165) is 0 Å². The van der Waals surface area contributed by atoms with Crippen LogP contribution in [-0.2, 0) is 14.3 Å². The molecule has 1 saturated heterocycles. The van der Waals surface area contributed by atoms with Gasteiger partial charge in [-0.3, -0.25) is 10.1 Å². The number of nitrogens with zero attached hydrogens (tertiary/aromatic N) is 4. The van der Waals surface area contributed by atoms with Crippen LogP contribution in [0.3, 0.4) is 0 Å². The van der Waals surface area contributed by atoms with Gasteiger partial charge in [0.05, 0.1) is 25.4 Å². The number of aromatic nitrogens is 2. The van der Waals surface area contributed by atoms with Crippen molar-refractivity contribution in [3.05, 3.63) is 53.3 Å². The fourth-order valence-electron chi connectivity index (χ4n) is 3.20. The van der Waals surface area contributed by atoms with Gasteiger partial charge in [0.15, 0.2) is 0 Å². The quantitative estimate of drug-likeness (QED) is 0.308. The number of hydrogen-bond acceptors (Lipinski definition) is 10. The third kappa shape index (κ3) is 5.48. The fraction of sp³-hybridized carbons (Fsp3) is 0.261. The number of morpholine rings is 1. The molecule has 0 spiro atoms. The summed E-state index contributed by atoms with van der Waals surface area (Å²) in [6, 6.07) is 12.0. The second kappa shape index (κ2) is 10.7. The zero-order chi connectivity index (χ0) is 23.9. The molecule has 4 rings (SSSR count). The Morgan fingerprint density at radius 2 is 2.09 bits per heavy atom. The van der Waals surface area contributed by atoms with Gasteiger partial charge in [-0.05, 0) is 31.2 Å². The number of amides is 1. The van der Waals surface area contributed by atoms with Crippen molar-refractivity contribution < 1.29 is 23.5 Å². The van der Waals surface area contributed by atoms with Crippen molar-refractivity contribution >= 4 is 39.6 Å². The van der Waals surface area contributed by atoms with Crippen LogP contribution in [0.5, 0.6) is 0 Å². The lowest BCUT2D eigenvalue weighted by atomic mass is 10.1. The first kappa shape index (κ1) is 23.2. The van der Waals surface area contributed by atoms with Gasteiger partial charge in [0, 0.05) is 24.7 Å². The van der Waals surface area contributed by atoms with Crippen molar-refractivity contribution in [1.82, 2.24) is 10.2 Å². The molecule has 1 aliphatic rings. The summed E-state index contributed by atoms with van der Waals surface area (Å²) in [5, 5.41) is 21.2. The first-order valence-corrected chi connectivity index (χ1v) is 11.4. The van der Waals surface area contributed by atoms with E-state index in [2.05, 4.69) is 15.5 Å².